The summed E-state index contributed by atoms with van der Waals surface area (Å²) in [6.45, 7) is 2.27. The van der Waals surface area contributed by atoms with E-state index in [0.29, 0.717) is 18.1 Å². The molecule has 0 aromatic heterocycles. The molecule has 2 rings (SSSR count). The van der Waals surface area contributed by atoms with Gasteiger partial charge in [-0.15, -0.1) is 0 Å². The van der Waals surface area contributed by atoms with Crippen LogP contribution in [0.15, 0.2) is 30.3 Å². The Kier molecular flexibility index (Phi) is 4.57. The van der Waals surface area contributed by atoms with E-state index >= 15 is 0 Å². The molecule has 94 valence electrons. The highest BCUT2D eigenvalue weighted by Gasteiger charge is 2.20. The van der Waals surface area contributed by atoms with Crippen LogP contribution < -0.4 is 11.1 Å². The van der Waals surface area contributed by atoms with E-state index in [4.69, 9.17) is 5.73 Å². The summed E-state index contributed by atoms with van der Waals surface area (Å²) < 4.78 is 0. The zero-order valence-corrected chi connectivity index (χ0v) is 10.7. The van der Waals surface area contributed by atoms with Crippen LogP contribution in [-0.2, 0) is 6.42 Å². The smallest absolute Gasteiger partial charge is 0.00844 e. The van der Waals surface area contributed by atoms with Crippen LogP contribution in [0.3, 0.4) is 0 Å². The zero-order valence-electron chi connectivity index (χ0n) is 10.7. The van der Waals surface area contributed by atoms with Crippen LogP contribution in [0.5, 0.6) is 0 Å². The minimum absolute atomic E-state index is 0.408. The fourth-order valence-corrected chi connectivity index (χ4v) is 2.81. The lowest BCUT2D eigenvalue weighted by atomic mass is 9.91. The number of nitrogens with one attached hydrogen (secondary N) is 1. The Balaban J connectivity index is 1.79. The number of hydrogen-bond acceptors (Lipinski definition) is 2. The third kappa shape index (κ3) is 4.14. The first-order valence-electron chi connectivity index (χ1n) is 6.79. The molecule has 1 saturated carbocycles. The Morgan fingerprint density at radius 1 is 1.29 bits per heavy atom. The number of rotatable bonds is 4. The normalized spacial score (nSPS) is 26.7. The molecule has 0 spiro atoms. The first kappa shape index (κ1) is 12.6. The van der Waals surface area contributed by atoms with Crippen molar-refractivity contribution in [2.45, 2.75) is 57.2 Å². The summed E-state index contributed by atoms with van der Waals surface area (Å²) in [6, 6.07) is 12.3. The highest BCUT2D eigenvalue weighted by atomic mass is 15.0. The van der Waals surface area contributed by atoms with Crippen LogP contribution in [0.25, 0.3) is 0 Å². The average Bonchev–Trinajstić information content (AvgIpc) is 2.30. The van der Waals surface area contributed by atoms with Crippen molar-refractivity contribution in [2.75, 3.05) is 0 Å². The predicted octanol–water partition coefficient (Wildman–Crippen LogP) is 2.48. The molecule has 17 heavy (non-hydrogen) atoms. The van der Waals surface area contributed by atoms with Gasteiger partial charge in [0.05, 0.1) is 0 Å². The Morgan fingerprint density at radius 3 is 2.76 bits per heavy atom. The maximum atomic E-state index is 6.01. The molecule has 3 N–H and O–H groups in total. The molecule has 0 amide bonds. The van der Waals surface area contributed by atoms with Gasteiger partial charge in [-0.05, 0) is 38.2 Å². The van der Waals surface area contributed by atoms with Crippen LogP contribution in [0, 0.1) is 0 Å². The minimum atomic E-state index is 0.408. The molecule has 3 unspecified atom stereocenters. The van der Waals surface area contributed by atoms with Crippen LogP contribution in [0.2, 0.25) is 0 Å². The summed E-state index contributed by atoms with van der Waals surface area (Å²) in [4.78, 5) is 0. The molecule has 1 aliphatic carbocycles. The van der Waals surface area contributed by atoms with Gasteiger partial charge in [0.15, 0.2) is 0 Å². The van der Waals surface area contributed by atoms with Crippen LogP contribution >= 0.6 is 0 Å². The SMILES string of the molecule is CC(Cc1ccccc1)NC1CCCC(N)C1. The monoisotopic (exact) mass is 232 g/mol. The van der Waals surface area contributed by atoms with E-state index in [2.05, 4.69) is 42.6 Å². The van der Waals surface area contributed by atoms with Crippen molar-refractivity contribution in [2.24, 2.45) is 5.73 Å². The van der Waals surface area contributed by atoms with Crippen molar-refractivity contribution >= 4 is 0 Å². The standard InChI is InChI=1S/C15H24N2/c1-12(10-13-6-3-2-4-7-13)17-15-9-5-8-14(16)11-15/h2-4,6-7,12,14-15,17H,5,8-11,16H2,1H3. The second kappa shape index (κ2) is 6.18. The fraction of sp³-hybridized carbons (Fsp3) is 0.600. The molecule has 3 atom stereocenters. The molecule has 0 saturated heterocycles. The molecular weight excluding hydrogens is 208 g/mol. The second-order valence-electron chi connectivity index (χ2n) is 5.38. The van der Waals surface area contributed by atoms with Crippen molar-refractivity contribution in [3.8, 4) is 0 Å². The quantitative estimate of drug-likeness (QED) is 0.837. The van der Waals surface area contributed by atoms with Gasteiger partial charge >= 0.3 is 0 Å². The van der Waals surface area contributed by atoms with Gasteiger partial charge in [0, 0.05) is 18.1 Å². The lowest BCUT2D eigenvalue weighted by molar-refractivity contribution is 0.316. The average molecular weight is 232 g/mol. The van der Waals surface area contributed by atoms with Crippen molar-refractivity contribution in [3.63, 3.8) is 0 Å². The Bertz CT molecular complexity index is 323. The third-order valence-corrected chi connectivity index (χ3v) is 3.62. The zero-order chi connectivity index (χ0) is 12.1. The first-order chi connectivity index (χ1) is 8.24. The van der Waals surface area contributed by atoms with E-state index in [9.17, 15) is 0 Å². The van der Waals surface area contributed by atoms with Crippen LogP contribution in [-0.4, -0.2) is 18.1 Å². The minimum Gasteiger partial charge on any atom is -0.328 e. The summed E-state index contributed by atoms with van der Waals surface area (Å²) in [6.07, 6.45) is 6.00. The van der Waals surface area contributed by atoms with Crippen molar-refractivity contribution in [1.82, 2.24) is 5.32 Å². The van der Waals surface area contributed by atoms with E-state index in [1.165, 1.54) is 24.8 Å². The number of nitrogens with two attached hydrogens (primary N) is 1. The topological polar surface area (TPSA) is 38.0 Å². The van der Waals surface area contributed by atoms with E-state index in [-0.39, 0.29) is 0 Å². The molecule has 1 fully saturated rings. The summed E-state index contributed by atoms with van der Waals surface area (Å²) in [5.74, 6) is 0. The first-order valence-corrected chi connectivity index (χ1v) is 6.79. The lowest BCUT2D eigenvalue weighted by Gasteiger charge is -2.30. The summed E-state index contributed by atoms with van der Waals surface area (Å²) in [5, 5.41) is 3.72. The maximum Gasteiger partial charge on any atom is 0.00844 e. The molecule has 1 aromatic carbocycles. The summed E-state index contributed by atoms with van der Waals surface area (Å²) >= 11 is 0. The van der Waals surface area contributed by atoms with Crippen molar-refractivity contribution in [3.05, 3.63) is 35.9 Å². The largest absolute Gasteiger partial charge is 0.328 e. The molecule has 0 bridgehead atoms. The van der Waals surface area contributed by atoms with Crippen molar-refractivity contribution < 1.29 is 0 Å². The van der Waals surface area contributed by atoms with Gasteiger partial charge in [-0.25, -0.2) is 0 Å². The molecule has 1 aliphatic rings. The van der Waals surface area contributed by atoms with Crippen molar-refractivity contribution in [1.29, 1.82) is 0 Å². The number of benzene rings is 1. The Morgan fingerprint density at radius 2 is 2.06 bits per heavy atom. The second-order valence-corrected chi connectivity index (χ2v) is 5.38. The molecule has 0 aliphatic heterocycles. The van der Waals surface area contributed by atoms with Crippen LogP contribution in [0.4, 0.5) is 0 Å². The molecule has 2 heteroatoms. The maximum absolute atomic E-state index is 6.01. The highest BCUT2D eigenvalue weighted by Crippen LogP contribution is 2.17. The van der Waals surface area contributed by atoms with Crippen LogP contribution in [0.1, 0.15) is 38.2 Å². The fourth-order valence-electron chi connectivity index (χ4n) is 2.81. The van der Waals surface area contributed by atoms with E-state index in [1.54, 1.807) is 0 Å². The molecule has 0 radical (unpaired) electrons. The third-order valence-electron chi connectivity index (χ3n) is 3.62. The number of hydrogen-bond donors (Lipinski definition) is 2. The summed E-state index contributed by atoms with van der Waals surface area (Å²) in [5.41, 5.74) is 7.42. The predicted molar refractivity (Wildman–Crippen MR) is 73.0 cm³/mol. The highest BCUT2D eigenvalue weighted by molar-refractivity contribution is 5.15. The molecule has 1 aromatic rings. The van der Waals surface area contributed by atoms with Gasteiger partial charge in [0.2, 0.25) is 0 Å². The molecular formula is C15H24N2. The van der Waals surface area contributed by atoms with Gasteiger partial charge in [0.1, 0.15) is 0 Å². The van der Waals surface area contributed by atoms with Gasteiger partial charge in [-0.2, -0.15) is 0 Å². The Labute approximate surface area is 105 Å². The Hall–Kier alpha value is -0.860. The molecule has 0 heterocycles. The van der Waals surface area contributed by atoms with Gasteiger partial charge < -0.3 is 11.1 Å². The van der Waals surface area contributed by atoms with Gasteiger partial charge in [0.25, 0.3) is 0 Å². The van der Waals surface area contributed by atoms with E-state index in [1.807, 2.05) is 0 Å². The van der Waals surface area contributed by atoms with E-state index < -0.39 is 0 Å². The molecule has 2 nitrogen and oxygen atoms in total. The van der Waals surface area contributed by atoms with Gasteiger partial charge in [-0.3, -0.25) is 0 Å². The van der Waals surface area contributed by atoms with E-state index in [0.717, 1.165) is 12.8 Å². The lowest BCUT2D eigenvalue weighted by Crippen LogP contribution is -2.43. The summed E-state index contributed by atoms with van der Waals surface area (Å²) in [7, 11) is 0. The van der Waals surface area contributed by atoms with Gasteiger partial charge in [-0.1, -0.05) is 36.8 Å².